The number of rotatable bonds is 8. The number of nitrogens with one attached hydrogen (secondary N) is 2. The normalized spacial score (nSPS) is 14.3. The maximum Gasteiger partial charge on any atom is 0.235 e. The lowest BCUT2D eigenvalue weighted by Gasteiger charge is -2.38. The highest BCUT2D eigenvalue weighted by Crippen LogP contribution is 2.39. The molecule has 194 valence electrons. The van der Waals surface area contributed by atoms with E-state index < -0.39 is 0 Å². The van der Waals surface area contributed by atoms with Gasteiger partial charge in [0.25, 0.3) is 0 Å². The van der Waals surface area contributed by atoms with Gasteiger partial charge in [0.15, 0.2) is 5.11 Å². The Morgan fingerprint density at radius 3 is 1.89 bits per heavy atom. The number of thiocarbonyl (C=S) groups is 1. The summed E-state index contributed by atoms with van der Waals surface area (Å²) < 4.78 is 11.9. The van der Waals surface area contributed by atoms with E-state index in [-0.39, 0.29) is 11.4 Å². The molecule has 3 aromatic carbocycles. The maximum atomic E-state index is 6.16. The van der Waals surface area contributed by atoms with Crippen molar-refractivity contribution in [1.29, 1.82) is 0 Å². The smallest absolute Gasteiger partial charge is 0.235 e. The third-order valence-electron chi connectivity index (χ3n) is 6.69. The fourth-order valence-electron chi connectivity index (χ4n) is 4.78. The van der Waals surface area contributed by atoms with Gasteiger partial charge in [0, 0.05) is 17.0 Å². The molecule has 0 radical (unpaired) electrons. The van der Waals surface area contributed by atoms with Crippen LogP contribution in [0.5, 0.6) is 23.3 Å². The molecule has 0 aliphatic heterocycles. The Labute approximate surface area is 233 Å². The maximum absolute atomic E-state index is 6.16. The number of hydrogen-bond acceptors (Lipinski definition) is 5. The Kier molecular flexibility index (Phi) is 8.36. The van der Waals surface area contributed by atoms with E-state index in [4.69, 9.17) is 33.3 Å². The SMILES string of the molecule is S=C(NCC1(c2ccc(Cl)cc2)CCCCC1)Nc1nc(Oc2ccccc2)cc(Oc2ccccc2)n1. The second kappa shape index (κ2) is 12.2. The number of nitrogens with zero attached hydrogens (tertiary/aromatic N) is 2. The van der Waals surface area contributed by atoms with E-state index in [9.17, 15) is 0 Å². The van der Waals surface area contributed by atoms with Crippen LogP contribution in [0.15, 0.2) is 91.0 Å². The largest absolute Gasteiger partial charge is 0.439 e. The lowest BCUT2D eigenvalue weighted by Crippen LogP contribution is -2.43. The van der Waals surface area contributed by atoms with Crippen LogP contribution in [0.4, 0.5) is 5.95 Å². The van der Waals surface area contributed by atoms with Crippen molar-refractivity contribution in [3.05, 3.63) is 102 Å². The van der Waals surface area contributed by atoms with Crippen molar-refractivity contribution in [3.63, 3.8) is 0 Å². The summed E-state index contributed by atoms with van der Waals surface area (Å²) in [7, 11) is 0. The third kappa shape index (κ3) is 6.79. The summed E-state index contributed by atoms with van der Waals surface area (Å²) in [5.41, 5.74) is 1.28. The second-order valence-electron chi connectivity index (χ2n) is 9.35. The molecule has 0 saturated heterocycles. The van der Waals surface area contributed by atoms with Crippen molar-refractivity contribution >= 4 is 34.9 Å². The summed E-state index contributed by atoms with van der Waals surface area (Å²) in [6.45, 7) is 0.702. The lowest BCUT2D eigenvalue weighted by molar-refractivity contribution is 0.292. The summed E-state index contributed by atoms with van der Waals surface area (Å²) in [6.07, 6.45) is 5.82. The highest BCUT2D eigenvalue weighted by atomic mass is 35.5. The van der Waals surface area contributed by atoms with Crippen molar-refractivity contribution in [1.82, 2.24) is 15.3 Å². The van der Waals surface area contributed by atoms with Crippen molar-refractivity contribution in [3.8, 4) is 23.3 Å². The van der Waals surface area contributed by atoms with Crippen LogP contribution in [-0.4, -0.2) is 21.6 Å². The molecule has 1 saturated carbocycles. The average molecular weight is 545 g/mol. The monoisotopic (exact) mass is 544 g/mol. The Morgan fingerprint density at radius 1 is 0.789 bits per heavy atom. The summed E-state index contributed by atoms with van der Waals surface area (Å²) in [5.74, 6) is 2.28. The molecule has 8 heteroatoms. The highest BCUT2D eigenvalue weighted by molar-refractivity contribution is 7.80. The van der Waals surface area contributed by atoms with Gasteiger partial charge in [0.2, 0.25) is 17.7 Å². The standard InChI is InChI=1S/C30H29ClN4O2S/c31-23-16-14-22(15-17-23)30(18-8-3-9-19-30)21-32-29(38)35-28-33-26(36-24-10-4-1-5-11-24)20-27(34-28)37-25-12-6-2-7-13-25/h1-2,4-7,10-17,20H,3,8-9,18-19,21H2,(H2,32,33,34,35,38). The first kappa shape index (κ1) is 25.9. The highest BCUT2D eigenvalue weighted by Gasteiger charge is 2.34. The average Bonchev–Trinajstić information content (AvgIpc) is 2.94. The zero-order valence-electron chi connectivity index (χ0n) is 20.9. The van der Waals surface area contributed by atoms with Crippen molar-refractivity contribution in [2.24, 2.45) is 0 Å². The molecule has 1 fully saturated rings. The molecule has 0 unspecified atom stereocenters. The minimum absolute atomic E-state index is 0.00468. The predicted octanol–water partition coefficient (Wildman–Crippen LogP) is 7.90. The van der Waals surface area contributed by atoms with Crippen LogP contribution in [0.2, 0.25) is 5.02 Å². The molecule has 6 nitrogen and oxygen atoms in total. The van der Waals surface area contributed by atoms with E-state index in [2.05, 4.69) is 32.7 Å². The molecule has 0 spiro atoms. The topological polar surface area (TPSA) is 68.3 Å². The third-order valence-corrected chi connectivity index (χ3v) is 7.19. The minimum atomic E-state index is -0.00468. The number of hydrogen-bond donors (Lipinski definition) is 2. The molecule has 4 aromatic rings. The quantitative estimate of drug-likeness (QED) is 0.218. The molecule has 2 N–H and O–H groups in total. The van der Waals surface area contributed by atoms with Crippen LogP contribution in [0.25, 0.3) is 0 Å². The van der Waals surface area contributed by atoms with E-state index in [0.29, 0.717) is 34.9 Å². The Bertz CT molecular complexity index is 1290. The molecule has 1 heterocycles. The molecule has 5 rings (SSSR count). The van der Waals surface area contributed by atoms with E-state index in [0.717, 1.165) is 17.9 Å². The van der Waals surface area contributed by atoms with Gasteiger partial charge in [-0.15, -0.1) is 0 Å². The second-order valence-corrected chi connectivity index (χ2v) is 10.2. The fourth-order valence-corrected chi connectivity index (χ4v) is 5.07. The van der Waals surface area contributed by atoms with Crippen molar-refractivity contribution in [2.45, 2.75) is 37.5 Å². The number of halogens is 1. The Hall–Kier alpha value is -3.68. The van der Waals surface area contributed by atoms with Crippen LogP contribution in [0, 0.1) is 0 Å². The molecule has 0 amide bonds. The van der Waals surface area contributed by atoms with Gasteiger partial charge in [0.1, 0.15) is 11.5 Å². The zero-order valence-corrected chi connectivity index (χ0v) is 22.5. The predicted molar refractivity (Wildman–Crippen MR) is 156 cm³/mol. The molecular weight excluding hydrogens is 516 g/mol. The number of para-hydroxylation sites is 2. The fraction of sp³-hybridized carbons (Fsp3) is 0.233. The van der Waals surface area contributed by atoms with E-state index in [1.54, 1.807) is 6.07 Å². The van der Waals surface area contributed by atoms with Crippen molar-refractivity contribution in [2.75, 3.05) is 11.9 Å². The summed E-state index contributed by atoms with van der Waals surface area (Å²) in [4.78, 5) is 9.05. The summed E-state index contributed by atoms with van der Waals surface area (Å²) in [6, 6.07) is 28.7. The van der Waals surface area contributed by atoms with Crippen molar-refractivity contribution < 1.29 is 9.47 Å². The number of aromatic nitrogens is 2. The number of anilines is 1. The van der Waals surface area contributed by atoms with Gasteiger partial charge in [-0.05, 0) is 67.0 Å². The van der Waals surface area contributed by atoms with E-state index in [1.165, 1.54) is 24.8 Å². The van der Waals surface area contributed by atoms with E-state index >= 15 is 0 Å². The van der Waals surface area contributed by atoms with Gasteiger partial charge in [0.05, 0.1) is 6.07 Å². The van der Waals surface area contributed by atoms with Gasteiger partial charge in [-0.25, -0.2) is 0 Å². The van der Waals surface area contributed by atoms with Crippen LogP contribution in [0.3, 0.4) is 0 Å². The molecule has 0 bridgehead atoms. The van der Waals surface area contributed by atoms with Crippen LogP contribution in [0.1, 0.15) is 37.7 Å². The summed E-state index contributed by atoms with van der Waals surface area (Å²) in [5, 5.41) is 7.73. The van der Waals surface area contributed by atoms with Crippen LogP contribution in [-0.2, 0) is 5.41 Å². The van der Waals surface area contributed by atoms with Gasteiger partial charge < -0.3 is 20.1 Å². The molecule has 1 aliphatic rings. The first-order chi connectivity index (χ1) is 18.6. The number of benzene rings is 3. The molecule has 38 heavy (non-hydrogen) atoms. The van der Waals surface area contributed by atoms with Gasteiger partial charge in [-0.1, -0.05) is 79.4 Å². The van der Waals surface area contributed by atoms with Crippen LogP contribution >= 0.6 is 23.8 Å². The Balaban J connectivity index is 1.32. The number of ether oxygens (including phenoxy) is 2. The molecule has 1 aliphatic carbocycles. The summed E-state index contributed by atoms with van der Waals surface area (Å²) >= 11 is 11.8. The van der Waals surface area contributed by atoms with Gasteiger partial charge >= 0.3 is 0 Å². The van der Waals surface area contributed by atoms with Gasteiger partial charge in [-0.3, -0.25) is 0 Å². The molecule has 0 atom stereocenters. The molecular formula is C30H29ClN4O2S. The molecule has 1 aromatic heterocycles. The first-order valence-corrected chi connectivity index (χ1v) is 13.5. The van der Waals surface area contributed by atoms with Crippen LogP contribution < -0.4 is 20.1 Å². The first-order valence-electron chi connectivity index (χ1n) is 12.7. The minimum Gasteiger partial charge on any atom is -0.439 e. The lowest BCUT2D eigenvalue weighted by atomic mass is 9.69. The van der Waals surface area contributed by atoms with E-state index in [1.807, 2.05) is 72.8 Å². The Morgan fingerprint density at radius 2 is 1.34 bits per heavy atom. The van der Waals surface area contributed by atoms with Gasteiger partial charge in [-0.2, -0.15) is 9.97 Å². The zero-order chi connectivity index (χ0) is 26.2.